The summed E-state index contributed by atoms with van der Waals surface area (Å²) in [5.74, 6) is 0. The molecule has 0 saturated carbocycles. The molecular formula is C20H19N3. The quantitative estimate of drug-likeness (QED) is 0.472. The van der Waals surface area contributed by atoms with Gasteiger partial charge in [-0.1, -0.05) is 61.5 Å². The molecule has 3 heteroatoms. The van der Waals surface area contributed by atoms with E-state index in [-0.39, 0.29) is 0 Å². The molecule has 0 spiro atoms. The first-order valence-electron chi connectivity index (χ1n) is 7.73. The minimum absolute atomic E-state index is 0.816. The highest BCUT2D eigenvalue weighted by atomic mass is 15.1. The zero-order valence-electron chi connectivity index (χ0n) is 13.1. The van der Waals surface area contributed by atoms with E-state index in [1.807, 2.05) is 66.7 Å². The van der Waals surface area contributed by atoms with Crippen LogP contribution in [0.4, 0.5) is 17.1 Å². The van der Waals surface area contributed by atoms with Crippen LogP contribution in [-0.2, 0) is 6.42 Å². The molecule has 0 aliphatic carbocycles. The number of nitrogens with two attached hydrogens (primary N) is 1. The van der Waals surface area contributed by atoms with Crippen LogP contribution >= 0.6 is 0 Å². The number of hydrogen-bond acceptors (Lipinski definition) is 3. The maximum Gasteiger partial charge on any atom is 0.0936 e. The molecule has 3 aromatic rings. The molecule has 114 valence electrons. The second kappa shape index (κ2) is 6.88. The summed E-state index contributed by atoms with van der Waals surface area (Å²) in [4.78, 5) is 0. The average molecular weight is 301 g/mol. The first kappa shape index (κ1) is 15.0. The van der Waals surface area contributed by atoms with E-state index < -0.39 is 0 Å². The van der Waals surface area contributed by atoms with Crippen molar-refractivity contribution in [1.82, 2.24) is 0 Å². The first-order valence-corrected chi connectivity index (χ1v) is 7.73. The number of hydrogen-bond donors (Lipinski definition) is 1. The molecule has 0 saturated heterocycles. The maximum atomic E-state index is 6.33. The normalized spacial score (nSPS) is 11.0. The minimum Gasteiger partial charge on any atom is -0.398 e. The van der Waals surface area contributed by atoms with Crippen LogP contribution in [0.3, 0.4) is 0 Å². The van der Waals surface area contributed by atoms with Gasteiger partial charge < -0.3 is 5.73 Å². The van der Waals surface area contributed by atoms with Crippen molar-refractivity contribution in [2.45, 2.75) is 13.3 Å². The Labute approximate surface area is 136 Å². The van der Waals surface area contributed by atoms with E-state index in [0.29, 0.717) is 0 Å². The van der Waals surface area contributed by atoms with Crippen molar-refractivity contribution in [2.75, 3.05) is 5.73 Å². The number of benzene rings is 3. The summed E-state index contributed by atoms with van der Waals surface area (Å²) < 4.78 is 0. The molecule has 3 aromatic carbocycles. The Balaban J connectivity index is 2.04. The second-order valence-corrected chi connectivity index (χ2v) is 5.28. The molecule has 0 radical (unpaired) electrons. The predicted octanol–water partition coefficient (Wildman–Crippen LogP) is 5.91. The topological polar surface area (TPSA) is 50.7 Å². The fourth-order valence-electron chi connectivity index (χ4n) is 2.55. The summed E-state index contributed by atoms with van der Waals surface area (Å²) in [6, 6.07) is 23.8. The molecule has 0 heterocycles. The monoisotopic (exact) mass is 301 g/mol. The molecule has 0 atom stereocenters. The summed E-state index contributed by atoms with van der Waals surface area (Å²) in [5.41, 5.74) is 12.0. The van der Waals surface area contributed by atoms with Gasteiger partial charge >= 0.3 is 0 Å². The fourth-order valence-corrected chi connectivity index (χ4v) is 2.55. The lowest BCUT2D eigenvalue weighted by Gasteiger charge is -2.11. The smallest absolute Gasteiger partial charge is 0.0936 e. The largest absolute Gasteiger partial charge is 0.398 e. The molecule has 2 N–H and O–H groups in total. The van der Waals surface area contributed by atoms with Crippen molar-refractivity contribution >= 4 is 17.1 Å². The Kier molecular flexibility index (Phi) is 4.48. The number of rotatable bonds is 4. The number of azo groups is 1. The van der Waals surface area contributed by atoms with Crippen LogP contribution in [0.2, 0.25) is 0 Å². The summed E-state index contributed by atoms with van der Waals surface area (Å²) in [5, 5.41) is 8.74. The van der Waals surface area contributed by atoms with E-state index in [9.17, 15) is 0 Å². The third kappa shape index (κ3) is 3.29. The molecular weight excluding hydrogens is 282 g/mol. The predicted molar refractivity (Wildman–Crippen MR) is 96.3 cm³/mol. The summed E-state index contributed by atoms with van der Waals surface area (Å²) in [6.07, 6.45) is 0.910. The van der Waals surface area contributed by atoms with Crippen molar-refractivity contribution in [1.29, 1.82) is 0 Å². The third-order valence-corrected chi connectivity index (χ3v) is 3.80. The van der Waals surface area contributed by atoms with Crippen LogP contribution in [0.1, 0.15) is 12.5 Å². The highest BCUT2D eigenvalue weighted by Gasteiger charge is 2.09. The lowest BCUT2D eigenvalue weighted by atomic mass is 9.98. The molecule has 23 heavy (non-hydrogen) atoms. The van der Waals surface area contributed by atoms with Gasteiger partial charge in [0.25, 0.3) is 0 Å². The number of aryl methyl sites for hydroxylation is 1. The maximum absolute atomic E-state index is 6.33. The van der Waals surface area contributed by atoms with Gasteiger partial charge in [0.15, 0.2) is 0 Å². The van der Waals surface area contributed by atoms with Crippen molar-refractivity contribution < 1.29 is 0 Å². The van der Waals surface area contributed by atoms with Crippen LogP contribution in [0.25, 0.3) is 11.1 Å². The van der Waals surface area contributed by atoms with E-state index in [1.54, 1.807) is 0 Å². The molecule has 0 unspecified atom stereocenters. The van der Waals surface area contributed by atoms with E-state index in [1.165, 1.54) is 0 Å². The molecule has 0 aliphatic heterocycles. The lowest BCUT2D eigenvalue weighted by molar-refractivity contribution is 1.14. The average Bonchev–Trinajstić information content (AvgIpc) is 2.61. The van der Waals surface area contributed by atoms with Crippen molar-refractivity contribution in [3.8, 4) is 11.1 Å². The van der Waals surface area contributed by atoms with Gasteiger partial charge in [-0.15, -0.1) is 5.11 Å². The van der Waals surface area contributed by atoms with Crippen LogP contribution in [-0.4, -0.2) is 0 Å². The van der Waals surface area contributed by atoms with Crippen molar-refractivity contribution in [3.63, 3.8) is 0 Å². The number of para-hydroxylation sites is 1. The van der Waals surface area contributed by atoms with E-state index in [4.69, 9.17) is 5.73 Å². The second-order valence-electron chi connectivity index (χ2n) is 5.28. The zero-order valence-corrected chi connectivity index (χ0v) is 13.1. The molecule has 0 aromatic heterocycles. The van der Waals surface area contributed by atoms with Gasteiger partial charge in [0.2, 0.25) is 0 Å². The number of nitrogen functional groups attached to an aromatic ring is 1. The molecule has 0 amide bonds. The van der Waals surface area contributed by atoms with E-state index in [2.05, 4.69) is 23.2 Å². The van der Waals surface area contributed by atoms with Crippen LogP contribution in [0, 0.1) is 0 Å². The Morgan fingerprint density at radius 2 is 1.43 bits per heavy atom. The van der Waals surface area contributed by atoms with Crippen molar-refractivity contribution in [2.24, 2.45) is 10.2 Å². The van der Waals surface area contributed by atoms with E-state index in [0.717, 1.165) is 40.2 Å². The zero-order chi connectivity index (χ0) is 16.1. The highest BCUT2D eigenvalue weighted by Crippen LogP contribution is 2.36. The van der Waals surface area contributed by atoms with E-state index >= 15 is 0 Å². The van der Waals surface area contributed by atoms with Crippen LogP contribution < -0.4 is 5.73 Å². The Morgan fingerprint density at radius 3 is 2.22 bits per heavy atom. The molecule has 0 fully saturated rings. The van der Waals surface area contributed by atoms with Gasteiger partial charge in [-0.05, 0) is 30.2 Å². The minimum atomic E-state index is 0.816. The SMILES string of the molecule is CCc1cccc(-c2ccccc2N=Nc2ccccc2)c1N. The van der Waals surface area contributed by atoms with Gasteiger partial charge in [-0.25, -0.2) is 0 Å². The standard InChI is InChI=1S/C20H19N3/c1-2-15-9-8-13-18(20(15)21)17-12-6-7-14-19(17)23-22-16-10-4-3-5-11-16/h3-14H,2,21H2,1H3. The van der Waals surface area contributed by atoms with Gasteiger partial charge in [-0.2, -0.15) is 5.11 Å². The number of anilines is 1. The molecule has 0 bridgehead atoms. The Bertz CT molecular complexity index is 823. The Hall–Kier alpha value is -2.94. The summed E-state index contributed by atoms with van der Waals surface area (Å²) >= 11 is 0. The number of nitrogens with zero attached hydrogens (tertiary/aromatic N) is 2. The van der Waals surface area contributed by atoms with Crippen LogP contribution in [0.15, 0.2) is 83.0 Å². The van der Waals surface area contributed by atoms with Gasteiger partial charge in [0.1, 0.15) is 0 Å². The van der Waals surface area contributed by atoms with Crippen LogP contribution in [0.5, 0.6) is 0 Å². The van der Waals surface area contributed by atoms with Gasteiger partial charge in [0.05, 0.1) is 11.4 Å². The summed E-state index contributed by atoms with van der Waals surface area (Å²) in [6.45, 7) is 2.11. The molecule has 3 nitrogen and oxygen atoms in total. The summed E-state index contributed by atoms with van der Waals surface area (Å²) in [7, 11) is 0. The molecule has 3 rings (SSSR count). The van der Waals surface area contributed by atoms with Crippen molar-refractivity contribution in [3.05, 3.63) is 78.4 Å². The first-order chi connectivity index (χ1) is 11.3. The Morgan fingerprint density at radius 1 is 0.739 bits per heavy atom. The lowest BCUT2D eigenvalue weighted by Crippen LogP contribution is -1.96. The third-order valence-electron chi connectivity index (χ3n) is 3.80. The fraction of sp³-hybridized carbons (Fsp3) is 0.100. The molecule has 0 aliphatic rings. The van der Waals surface area contributed by atoms with Gasteiger partial charge in [0, 0.05) is 16.8 Å². The van der Waals surface area contributed by atoms with Gasteiger partial charge in [-0.3, -0.25) is 0 Å². The highest BCUT2D eigenvalue weighted by molar-refractivity contribution is 5.85.